The van der Waals surface area contributed by atoms with Crippen LogP contribution in [0.5, 0.6) is 0 Å². The second kappa shape index (κ2) is 7.15. The molecule has 0 bridgehead atoms. The lowest BCUT2D eigenvalue weighted by molar-refractivity contribution is 0.172. The fourth-order valence-corrected chi connectivity index (χ4v) is 2.25. The summed E-state index contributed by atoms with van der Waals surface area (Å²) in [4.78, 5) is 0. The fourth-order valence-electron chi connectivity index (χ4n) is 1.40. The first-order valence-electron chi connectivity index (χ1n) is 5.33. The Kier molecular flexibility index (Phi) is 6.17. The van der Waals surface area contributed by atoms with Crippen LogP contribution in [0.3, 0.4) is 0 Å². The number of aliphatic hydroxyl groups is 1. The van der Waals surface area contributed by atoms with Gasteiger partial charge in [-0.2, -0.15) is 11.8 Å². The molecule has 0 saturated heterocycles. The Bertz CT molecular complexity index is 333. The van der Waals surface area contributed by atoms with Gasteiger partial charge in [-0.05, 0) is 42.0 Å². The van der Waals surface area contributed by atoms with E-state index in [9.17, 15) is 9.50 Å². The largest absolute Gasteiger partial charge is 0.393 e. The van der Waals surface area contributed by atoms with Crippen molar-refractivity contribution in [3.63, 3.8) is 0 Å². The van der Waals surface area contributed by atoms with Crippen molar-refractivity contribution in [3.05, 3.63) is 34.6 Å². The molecule has 1 N–H and O–H groups in total. The van der Waals surface area contributed by atoms with Crippen LogP contribution in [-0.2, 0) is 6.42 Å². The molecule has 1 unspecified atom stereocenters. The van der Waals surface area contributed by atoms with Crippen molar-refractivity contribution in [2.75, 3.05) is 11.5 Å². The fraction of sp³-hybridized carbons (Fsp3) is 0.500. The molecule has 0 aliphatic heterocycles. The van der Waals surface area contributed by atoms with Gasteiger partial charge in [-0.15, -0.1) is 0 Å². The van der Waals surface area contributed by atoms with E-state index >= 15 is 0 Å². The first-order chi connectivity index (χ1) is 7.63. The molecule has 16 heavy (non-hydrogen) atoms. The van der Waals surface area contributed by atoms with Crippen molar-refractivity contribution in [1.82, 2.24) is 0 Å². The minimum Gasteiger partial charge on any atom is -0.393 e. The Labute approximate surface area is 105 Å². The minimum atomic E-state index is -0.422. The summed E-state index contributed by atoms with van der Waals surface area (Å²) >= 11 is 7.38. The molecule has 0 heterocycles. The number of benzene rings is 1. The van der Waals surface area contributed by atoms with Crippen LogP contribution in [0.2, 0.25) is 5.02 Å². The van der Waals surface area contributed by atoms with Gasteiger partial charge in [0, 0.05) is 0 Å². The predicted molar refractivity (Wildman–Crippen MR) is 68.7 cm³/mol. The SMILES string of the molecule is CCSCCC(O)Cc1ccc(Cl)c(F)c1. The molecule has 1 nitrogen and oxygen atoms in total. The van der Waals surface area contributed by atoms with Crippen molar-refractivity contribution in [2.24, 2.45) is 0 Å². The van der Waals surface area contributed by atoms with Gasteiger partial charge < -0.3 is 5.11 Å². The lowest BCUT2D eigenvalue weighted by atomic mass is 10.1. The first-order valence-corrected chi connectivity index (χ1v) is 6.86. The normalized spacial score (nSPS) is 12.8. The summed E-state index contributed by atoms with van der Waals surface area (Å²) in [5.74, 6) is 1.57. The highest BCUT2D eigenvalue weighted by Gasteiger charge is 2.07. The molecule has 4 heteroatoms. The number of hydrogen-bond acceptors (Lipinski definition) is 2. The second-order valence-corrected chi connectivity index (χ2v) is 5.39. The van der Waals surface area contributed by atoms with Crippen LogP contribution in [0.25, 0.3) is 0 Å². The summed E-state index contributed by atoms with van der Waals surface area (Å²) in [6.45, 7) is 2.09. The molecule has 1 atom stereocenters. The van der Waals surface area contributed by atoms with Crippen molar-refractivity contribution >= 4 is 23.4 Å². The van der Waals surface area contributed by atoms with Crippen LogP contribution < -0.4 is 0 Å². The number of halogens is 2. The van der Waals surface area contributed by atoms with E-state index in [4.69, 9.17) is 11.6 Å². The van der Waals surface area contributed by atoms with E-state index in [0.29, 0.717) is 6.42 Å². The van der Waals surface area contributed by atoms with E-state index in [1.54, 1.807) is 17.8 Å². The molecule has 0 radical (unpaired) electrons. The van der Waals surface area contributed by atoms with Gasteiger partial charge in [0.15, 0.2) is 0 Å². The Hall–Kier alpha value is -0.250. The smallest absolute Gasteiger partial charge is 0.142 e. The van der Waals surface area contributed by atoms with E-state index in [0.717, 1.165) is 23.5 Å². The number of aliphatic hydroxyl groups excluding tert-OH is 1. The van der Waals surface area contributed by atoms with E-state index in [2.05, 4.69) is 6.92 Å². The molecule has 90 valence electrons. The van der Waals surface area contributed by atoms with Crippen molar-refractivity contribution in [2.45, 2.75) is 25.9 Å². The second-order valence-electron chi connectivity index (χ2n) is 3.59. The maximum Gasteiger partial charge on any atom is 0.142 e. The lowest BCUT2D eigenvalue weighted by Gasteiger charge is -2.10. The summed E-state index contributed by atoms with van der Waals surface area (Å²) in [5, 5.41) is 9.85. The van der Waals surface area contributed by atoms with Gasteiger partial charge in [0.2, 0.25) is 0 Å². The third kappa shape index (κ3) is 4.73. The summed E-state index contributed by atoms with van der Waals surface area (Å²) < 4.78 is 13.1. The molecule has 1 rings (SSSR count). The van der Waals surface area contributed by atoms with Gasteiger partial charge in [-0.25, -0.2) is 4.39 Å². The zero-order valence-corrected chi connectivity index (χ0v) is 10.8. The maximum absolute atomic E-state index is 13.1. The molecule has 0 aliphatic carbocycles. The average Bonchev–Trinajstić information content (AvgIpc) is 2.24. The van der Waals surface area contributed by atoms with Crippen molar-refractivity contribution in [1.29, 1.82) is 0 Å². The first kappa shape index (κ1) is 13.8. The highest BCUT2D eigenvalue weighted by atomic mass is 35.5. The topological polar surface area (TPSA) is 20.2 Å². The molecule has 0 amide bonds. The molecule has 0 spiro atoms. The third-order valence-electron chi connectivity index (χ3n) is 2.25. The monoisotopic (exact) mass is 262 g/mol. The Morgan fingerprint density at radius 2 is 2.25 bits per heavy atom. The molecular weight excluding hydrogens is 247 g/mol. The van der Waals surface area contributed by atoms with E-state index in [-0.39, 0.29) is 5.02 Å². The number of thioether (sulfide) groups is 1. The molecule has 1 aromatic rings. The predicted octanol–water partition coefficient (Wildman–Crippen LogP) is 3.53. The number of hydrogen-bond donors (Lipinski definition) is 1. The Morgan fingerprint density at radius 1 is 1.50 bits per heavy atom. The van der Waals surface area contributed by atoms with Crippen LogP contribution in [0.1, 0.15) is 18.9 Å². The quantitative estimate of drug-likeness (QED) is 0.792. The number of rotatable bonds is 6. The highest BCUT2D eigenvalue weighted by Crippen LogP contribution is 2.17. The third-order valence-corrected chi connectivity index (χ3v) is 3.49. The van der Waals surface area contributed by atoms with E-state index < -0.39 is 11.9 Å². The standard InChI is InChI=1S/C12H16ClFOS/c1-2-16-6-5-10(15)7-9-3-4-11(13)12(14)8-9/h3-4,8,10,15H,2,5-7H2,1H3. The Balaban J connectivity index is 2.43. The molecule has 0 fully saturated rings. The minimum absolute atomic E-state index is 0.125. The molecule has 0 saturated carbocycles. The van der Waals surface area contributed by atoms with Crippen LogP contribution in [0, 0.1) is 5.82 Å². The van der Waals surface area contributed by atoms with Gasteiger partial charge in [-0.1, -0.05) is 24.6 Å². The maximum atomic E-state index is 13.1. The summed E-state index contributed by atoms with van der Waals surface area (Å²) in [5.41, 5.74) is 0.788. The molecular formula is C12H16ClFOS. The molecule has 1 aromatic carbocycles. The van der Waals surface area contributed by atoms with Crippen LogP contribution in [-0.4, -0.2) is 22.7 Å². The van der Waals surface area contributed by atoms with Crippen LogP contribution in [0.15, 0.2) is 18.2 Å². The zero-order valence-electron chi connectivity index (χ0n) is 9.25. The van der Waals surface area contributed by atoms with Crippen molar-refractivity contribution < 1.29 is 9.50 Å². The van der Waals surface area contributed by atoms with E-state index in [1.165, 1.54) is 12.1 Å². The van der Waals surface area contributed by atoms with Gasteiger partial charge in [0.25, 0.3) is 0 Å². The van der Waals surface area contributed by atoms with Gasteiger partial charge >= 0.3 is 0 Å². The van der Waals surface area contributed by atoms with Crippen molar-refractivity contribution in [3.8, 4) is 0 Å². The van der Waals surface area contributed by atoms with E-state index in [1.807, 2.05) is 0 Å². The zero-order chi connectivity index (χ0) is 12.0. The summed E-state index contributed by atoms with van der Waals surface area (Å²) in [6, 6.07) is 4.67. The van der Waals surface area contributed by atoms with Crippen LogP contribution in [0.4, 0.5) is 4.39 Å². The molecule has 0 aromatic heterocycles. The summed E-state index contributed by atoms with van der Waals surface area (Å²) in [7, 11) is 0. The summed E-state index contributed by atoms with van der Waals surface area (Å²) in [6.07, 6.45) is 0.820. The lowest BCUT2D eigenvalue weighted by Crippen LogP contribution is -2.11. The average molecular weight is 263 g/mol. The van der Waals surface area contributed by atoms with Crippen LogP contribution >= 0.6 is 23.4 Å². The molecule has 0 aliphatic rings. The van der Waals surface area contributed by atoms with Gasteiger partial charge in [0.05, 0.1) is 11.1 Å². The van der Waals surface area contributed by atoms with Gasteiger partial charge in [0.1, 0.15) is 5.82 Å². The highest BCUT2D eigenvalue weighted by molar-refractivity contribution is 7.99. The van der Waals surface area contributed by atoms with Gasteiger partial charge in [-0.3, -0.25) is 0 Å². The Morgan fingerprint density at radius 3 is 2.88 bits per heavy atom.